The van der Waals surface area contributed by atoms with Crippen molar-refractivity contribution in [1.29, 1.82) is 0 Å². The van der Waals surface area contributed by atoms with Gasteiger partial charge in [0.15, 0.2) is 0 Å². The Kier molecular flexibility index (Phi) is 4.41. The molecule has 0 aliphatic carbocycles. The van der Waals surface area contributed by atoms with Crippen molar-refractivity contribution in [2.24, 2.45) is 0 Å². The summed E-state index contributed by atoms with van der Waals surface area (Å²) in [6, 6.07) is 11.0. The summed E-state index contributed by atoms with van der Waals surface area (Å²) in [6.07, 6.45) is 3.44. The standard InChI is InChI=1S/C14H15N3OS/c1-17(12-4-2-11(15)3-5-12)14(18)10-19-13-6-8-16-9-7-13/h2-9H,10,15H2,1H3. The van der Waals surface area contributed by atoms with Crippen LogP contribution in [0.25, 0.3) is 0 Å². The molecule has 5 heteroatoms. The quantitative estimate of drug-likeness (QED) is 0.686. The number of pyridine rings is 1. The average Bonchev–Trinajstić information content (AvgIpc) is 2.46. The maximum Gasteiger partial charge on any atom is 0.237 e. The third-order valence-corrected chi connectivity index (χ3v) is 3.66. The minimum atomic E-state index is 0.0478. The number of hydrogen-bond acceptors (Lipinski definition) is 4. The summed E-state index contributed by atoms with van der Waals surface area (Å²) in [7, 11) is 1.76. The zero-order valence-corrected chi connectivity index (χ0v) is 11.4. The third kappa shape index (κ3) is 3.72. The number of nitrogen functional groups attached to an aromatic ring is 1. The van der Waals surface area contributed by atoms with Crippen LogP contribution in [0.4, 0.5) is 11.4 Å². The number of nitrogens with zero attached hydrogens (tertiary/aromatic N) is 2. The second-order valence-corrected chi connectivity index (χ2v) is 5.06. The van der Waals surface area contributed by atoms with Crippen LogP contribution in [0.1, 0.15) is 0 Å². The highest BCUT2D eigenvalue weighted by Gasteiger charge is 2.11. The normalized spacial score (nSPS) is 10.2. The van der Waals surface area contributed by atoms with Gasteiger partial charge in [-0.1, -0.05) is 0 Å². The lowest BCUT2D eigenvalue weighted by molar-refractivity contribution is -0.115. The molecule has 1 aromatic carbocycles. The van der Waals surface area contributed by atoms with Gasteiger partial charge in [0.2, 0.25) is 5.91 Å². The molecule has 19 heavy (non-hydrogen) atoms. The molecule has 4 nitrogen and oxygen atoms in total. The van der Waals surface area contributed by atoms with E-state index in [0.29, 0.717) is 11.4 Å². The number of hydrogen-bond donors (Lipinski definition) is 1. The molecule has 98 valence electrons. The summed E-state index contributed by atoms with van der Waals surface area (Å²) in [5, 5.41) is 0. The van der Waals surface area contributed by atoms with Gasteiger partial charge in [-0.25, -0.2) is 0 Å². The molecule has 0 aliphatic rings. The van der Waals surface area contributed by atoms with E-state index in [1.807, 2.05) is 24.3 Å². The highest BCUT2D eigenvalue weighted by atomic mass is 32.2. The predicted molar refractivity (Wildman–Crippen MR) is 79.2 cm³/mol. The molecule has 2 rings (SSSR count). The summed E-state index contributed by atoms with van der Waals surface area (Å²) >= 11 is 1.50. The van der Waals surface area contributed by atoms with E-state index in [-0.39, 0.29) is 5.91 Å². The van der Waals surface area contributed by atoms with Crippen molar-refractivity contribution in [1.82, 2.24) is 4.98 Å². The zero-order valence-electron chi connectivity index (χ0n) is 10.6. The van der Waals surface area contributed by atoms with E-state index in [4.69, 9.17) is 5.73 Å². The number of benzene rings is 1. The molecule has 1 amide bonds. The molecule has 2 N–H and O–H groups in total. The molecule has 0 saturated carbocycles. The Labute approximate surface area is 116 Å². The SMILES string of the molecule is CN(C(=O)CSc1ccncc1)c1ccc(N)cc1. The fourth-order valence-electron chi connectivity index (χ4n) is 1.52. The van der Waals surface area contributed by atoms with Crippen LogP contribution in [0, 0.1) is 0 Å². The lowest BCUT2D eigenvalue weighted by atomic mass is 10.2. The maximum absolute atomic E-state index is 12.1. The number of thioether (sulfide) groups is 1. The van der Waals surface area contributed by atoms with Gasteiger partial charge < -0.3 is 10.6 Å². The molecule has 0 fully saturated rings. The summed E-state index contributed by atoms with van der Waals surface area (Å²) in [5.41, 5.74) is 7.16. The lowest BCUT2D eigenvalue weighted by Crippen LogP contribution is -2.27. The molecule has 0 aliphatic heterocycles. The number of nitrogens with two attached hydrogens (primary N) is 1. The average molecular weight is 273 g/mol. The number of carbonyl (C=O) groups is 1. The van der Waals surface area contributed by atoms with Crippen molar-refractivity contribution in [3.8, 4) is 0 Å². The van der Waals surface area contributed by atoms with Crippen LogP contribution in [0.15, 0.2) is 53.7 Å². The maximum atomic E-state index is 12.1. The molecular weight excluding hydrogens is 258 g/mol. The van der Waals surface area contributed by atoms with Gasteiger partial charge in [-0.05, 0) is 36.4 Å². The van der Waals surface area contributed by atoms with Gasteiger partial charge >= 0.3 is 0 Å². The van der Waals surface area contributed by atoms with Gasteiger partial charge in [-0.15, -0.1) is 11.8 Å². The topological polar surface area (TPSA) is 59.2 Å². The summed E-state index contributed by atoms with van der Waals surface area (Å²) < 4.78 is 0. The van der Waals surface area contributed by atoms with Gasteiger partial charge in [-0.2, -0.15) is 0 Å². The molecule has 0 unspecified atom stereocenters. The monoisotopic (exact) mass is 273 g/mol. The minimum absolute atomic E-state index is 0.0478. The third-order valence-electron chi connectivity index (χ3n) is 2.67. The number of rotatable bonds is 4. The lowest BCUT2D eigenvalue weighted by Gasteiger charge is -2.17. The first-order chi connectivity index (χ1) is 9.16. The number of anilines is 2. The van der Waals surface area contributed by atoms with Gasteiger partial charge in [0.05, 0.1) is 5.75 Å². The number of aromatic nitrogens is 1. The fourth-order valence-corrected chi connectivity index (χ4v) is 2.32. The van der Waals surface area contributed by atoms with Crippen molar-refractivity contribution in [3.05, 3.63) is 48.8 Å². The predicted octanol–water partition coefficient (Wildman–Crippen LogP) is 2.42. The van der Waals surface area contributed by atoms with E-state index in [9.17, 15) is 4.79 Å². The number of carbonyl (C=O) groups excluding carboxylic acids is 1. The zero-order chi connectivity index (χ0) is 13.7. The molecule has 0 saturated heterocycles. The van der Waals surface area contributed by atoms with Gasteiger partial charge in [-0.3, -0.25) is 9.78 Å². The Morgan fingerprint density at radius 3 is 2.47 bits per heavy atom. The molecule has 0 atom stereocenters. The molecule has 1 aromatic heterocycles. The van der Waals surface area contributed by atoms with E-state index in [0.717, 1.165) is 10.6 Å². The van der Waals surface area contributed by atoms with Crippen LogP contribution in [0.5, 0.6) is 0 Å². The van der Waals surface area contributed by atoms with E-state index in [1.54, 1.807) is 36.5 Å². The van der Waals surface area contributed by atoms with Crippen molar-refractivity contribution < 1.29 is 4.79 Å². The Morgan fingerprint density at radius 2 is 1.84 bits per heavy atom. The van der Waals surface area contributed by atoms with Gasteiger partial charge in [0.25, 0.3) is 0 Å². The molecule has 1 heterocycles. The van der Waals surface area contributed by atoms with Crippen LogP contribution < -0.4 is 10.6 Å². The minimum Gasteiger partial charge on any atom is -0.399 e. The Bertz CT molecular complexity index is 542. The number of amides is 1. The highest BCUT2D eigenvalue weighted by Crippen LogP contribution is 2.19. The van der Waals surface area contributed by atoms with Crippen LogP contribution in [-0.2, 0) is 4.79 Å². The summed E-state index contributed by atoms with van der Waals surface area (Å²) in [4.78, 5) is 18.7. The molecular formula is C14H15N3OS. The van der Waals surface area contributed by atoms with Crippen molar-refractivity contribution in [2.75, 3.05) is 23.4 Å². The Balaban J connectivity index is 1.94. The smallest absolute Gasteiger partial charge is 0.237 e. The van der Waals surface area contributed by atoms with Gasteiger partial charge in [0.1, 0.15) is 0 Å². The van der Waals surface area contributed by atoms with E-state index in [1.165, 1.54) is 11.8 Å². The van der Waals surface area contributed by atoms with Crippen LogP contribution in [0.2, 0.25) is 0 Å². The van der Waals surface area contributed by atoms with Crippen LogP contribution in [0.3, 0.4) is 0 Å². The van der Waals surface area contributed by atoms with Crippen LogP contribution >= 0.6 is 11.8 Å². The highest BCUT2D eigenvalue weighted by molar-refractivity contribution is 8.00. The second-order valence-electron chi connectivity index (χ2n) is 4.02. The van der Waals surface area contributed by atoms with E-state index in [2.05, 4.69) is 4.98 Å². The molecule has 0 radical (unpaired) electrons. The first-order valence-corrected chi connectivity index (χ1v) is 6.80. The van der Waals surface area contributed by atoms with Crippen molar-refractivity contribution in [2.45, 2.75) is 4.90 Å². The Morgan fingerprint density at radius 1 is 1.21 bits per heavy atom. The van der Waals surface area contributed by atoms with E-state index < -0.39 is 0 Å². The van der Waals surface area contributed by atoms with Gasteiger partial charge in [0, 0.05) is 35.7 Å². The largest absolute Gasteiger partial charge is 0.399 e. The molecule has 0 spiro atoms. The second kappa shape index (κ2) is 6.24. The van der Waals surface area contributed by atoms with E-state index >= 15 is 0 Å². The van der Waals surface area contributed by atoms with Crippen molar-refractivity contribution in [3.63, 3.8) is 0 Å². The Hall–Kier alpha value is -2.01. The van der Waals surface area contributed by atoms with Crippen LogP contribution in [-0.4, -0.2) is 23.7 Å². The first-order valence-electron chi connectivity index (χ1n) is 5.82. The first kappa shape index (κ1) is 13.4. The summed E-state index contributed by atoms with van der Waals surface area (Å²) in [5.74, 6) is 0.442. The summed E-state index contributed by atoms with van der Waals surface area (Å²) in [6.45, 7) is 0. The fraction of sp³-hybridized carbons (Fsp3) is 0.143. The van der Waals surface area contributed by atoms with Crippen molar-refractivity contribution >= 4 is 29.0 Å². The molecule has 2 aromatic rings. The molecule has 0 bridgehead atoms.